The van der Waals surface area contributed by atoms with Gasteiger partial charge in [-0.25, -0.2) is 0 Å². The lowest BCUT2D eigenvalue weighted by atomic mass is 9.99. The van der Waals surface area contributed by atoms with Gasteiger partial charge >= 0.3 is 0 Å². The molecule has 44 heavy (non-hydrogen) atoms. The molecule has 0 saturated heterocycles. The second kappa shape index (κ2) is 14.5. The number of rotatable bonds is 7. The van der Waals surface area contributed by atoms with Gasteiger partial charge in [-0.2, -0.15) is 0 Å². The minimum atomic E-state index is -1.07. The summed E-state index contributed by atoms with van der Waals surface area (Å²) in [5, 5.41) is 2.20. The van der Waals surface area contributed by atoms with Crippen LogP contribution in [0.3, 0.4) is 0 Å². The van der Waals surface area contributed by atoms with E-state index < -0.39 is 7.92 Å². The Kier molecular flexibility index (Phi) is 10.1. The van der Waals surface area contributed by atoms with Crippen molar-refractivity contribution in [3.8, 4) is 11.1 Å². The van der Waals surface area contributed by atoms with Crippen molar-refractivity contribution < 1.29 is 9.59 Å². The third kappa shape index (κ3) is 7.35. The number of ketones is 1. The van der Waals surface area contributed by atoms with Gasteiger partial charge < -0.3 is 0 Å². The lowest BCUT2D eigenvalue weighted by Crippen LogP contribution is -2.19. The van der Waals surface area contributed by atoms with Gasteiger partial charge in [0.2, 0.25) is 0 Å². The molecule has 0 amide bonds. The number of hydrogen-bond donors (Lipinski definition) is 0. The molecule has 0 aromatic heterocycles. The predicted molar refractivity (Wildman–Crippen MR) is 186 cm³/mol. The van der Waals surface area contributed by atoms with Crippen LogP contribution in [0.25, 0.3) is 11.1 Å². The van der Waals surface area contributed by atoms with E-state index in [0.717, 1.165) is 49.6 Å². The summed E-state index contributed by atoms with van der Waals surface area (Å²) in [5.41, 5.74) is 8.16. The van der Waals surface area contributed by atoms with Crippen molar-refractivity contribution in [2.75, 3.05) is 0 Å². The van der Waals surface area contributed by atoms with Gasteiger partial charge in [0.1, 0.15) is 0 Å². The molecule has 0 fully saturated rings. The Morgan fingerprint density at radius 3 is 1.32 bits per heavy atom. The first kappa shape index (κ1) is 30.5. The second-order valence-corrected chi connectivity index (χ2v) is 12.8. The van der Waals surface area contributed by atoms with Gasteiger partial charge in [0.15, 0.2) is 11.3 Å². The highest BCUT2D eigenvalue weighted by molar-refractivity contribution is 7.88. The Labute approximate surface area is 261 Å². The van der Waals surface area contributed by atoms with Gasteiger partial charge in [-0.3, -0.25) is 9.59 Å². The fourth-order valence-corrected chi connectivity index (χ4v) is 7.65. The Morgan fingerprint density at radius 2 is 0.841 bits per heavy atom. The van der Waals surface area contributed by atoms with E-state index in [2.05, 4.69) is 55.5 Å². The van der Waals surface area contributed by atoms with Crippen molar-refractivity contribution >= 4 is 29.8 Å². The van der Waals surface area contributed by atoms with E-state index in [0.29, 0.717) is 0 Å². The van der Waals surface area contributed by atoms with Crippen molar-refractivity contribution in [1.29, 1.82) is 0 Å². The number of carbonyl (C=O) groups excluding carboxylic acids is 2. The largest absolute Gasteiger partial charge is 0.289 e. The third-order valence-corrected chi connectivity index (χ3v) is 9.67. The van der Waals surface area contributed by atoms with Gasteiger partial charge in [-0.1, -0.05) is 163 Å². The van der Waals surface area contributed by atoms with Crippen LogP contribution in [0.5, 0.6) is 0 Å². The Balaban J connectivity index is 0.000000177. The van der Waals surface area contributed by atoms with Crippen LogP contribution in [0.1, 0.15) is 43.0 Å². The highest BCUT2D eigenvalue weighted by Gasteiger charge is 2.26. The van der Waals surface area contributed by atoms with Crippen molar-refractivity contribution in [3.63, 3.8) is 0 Å². The van der Waals surface area contributed by atoms with E-state index in [4.69, 9.17) is 0 Å². The first-order valence-electron chi connectivity index (χ1n) is 14.7. The van der Waals surface area contributed by atoms with E-state index in [1.807, 2.05) is 123 Å². The highest BCUT2D eigenvalue weighted by Crippen LogP contribution is 2.39. The first-order valence-corrected chi connectivity index (χ1v) is 16.0. The quantitative estimate of drug-likeness (QED) is 0.137. The molecule has 0 saturated carbocycles. The van der Waals surface area contributed by atoms with E-state index >= 15 is 0 Å². The molecule has 0 bridgehead atoms. The molecule has 0 heterocycles. The summed E-state index contributed by atoms with van der Waals surface area (Å²) in [5.74, 6) is 0.0604. The molecule has 6 aromatic carbocycles. The number of benzene rings is 6. The maximum atomic E-state index is 13.5. The normalized spacial score (nSPS) is 10.5. The minimum absolute atomic E-state index is 0.0604. The van der Waals surface area contributed by atoms with Crippen molar-refractivity contribution in [2.24, 2.45) is 0 Å². The zero-order valence-corrected chi connectivity index (χ0v) is 26.2. The molecule has 6 rings (SSSR count). The molecule has 0 unspecified atom stereocenters. The van der Waals surface area contributed by atoms with E-state index in [-0.39, 0.29) is 11.3 Å². The molecule has 2 nitrogen and oxygen atoms in total. The van der Waals surface area contributed by atoms with Gasteiger partial charge in [0, 0.05) is 24.6 Å². The smallest absolute Gasteiger partial charge is 0.193 e. The summed E-state index contributed by atoms with van der Waals surface area (Å²) < 4.78 is 0. The van der Waals surface area contributed by atoms with Gasteiger partial charge in [-0.05, 0) is 53.6 Å². The molecule has 0 aliphatic carbocycles. The molecule has 6 aromatic rings. The van der Waals surface area contributed by atoms with Gasteiger partial charge in [0.25, 0.3) is 0 Å². The lowest BCUT2D eigenvalue weighted by molar-refractivity contribution is 0.103. The Bertz CT molecular complexity index is 1770. The van der Waals surface area contributed by atoms with Crippen LogP contribution in [0.4, 0.5) is 0 Å². The maximum Gasteiger partial charge on any atom is 0.193 e. The standard InChI is InChI=1S/C22H21OP.C19H14O/c1-16-14-17(2)21(18(3)15-16)22(23)24(19-10-6-4-7-11-19)20-12-8-5-9-13-20;20-19(17-9-5-2-6-10-17)18-13-11-16(12-14-18)15-7-3-1-4-8-15/h4-15H,1-3H3;1-14H. The summed E-state index contributed by atoms with van der Waals surface area (Å²) in [6, 6.07) is 51.7. The van der Waals surface area contributed by atoms with Gasteiger partial charge in [0.05, 0.1) is 0 Å². The van der Waals surface area contributed by atoms with Crippen LogP contribution in [0, 0.1) is 20.8 Å². The van der Waals surface area contributed by atoms with Crippen molar-refractivity contribution in [1.82, 2.24) is 0 Å². The third-order valence-electron chi connectivity index (χ3n) is 7.41. The number of hydrogen-bond acceptors (Lipinski definition) is 2. The number of aryl methyl sites for hydroxylation is 3. The molecule has 0 aliphatic rings. The molecular formula is C41H35O2P. The average molecular weight is 591 g/mol. The van der Waals surface area contributed by atoms with Crippen LogP contribution in [0.15, 0.2) is 158 Å². The Morgan fingerprint density at radius 1 is 0.455 bits per heavy atom. The average Bonchev–Trinajstić information content (AvgIpc) is 3.06. The van der Waals surface area contributed by atoms with Crippen molar-refractivity contribution in [2.45, 2.75) is 20.8 Å². The molecule has 0 N–H and O–H groups in total. The fraction of sp³-hybridized carbons (Fsp3) is 0.0732. The monoisotopic (exact) mass is 590 g/mol. The molecule has 0 radical (unpaired) electrons. The topological polar surface area (TPSA) is 34.1 Å². The summed E-state index contributed by atoms with van der Waals surface area (Å²) in [6.07, 6.45) is 0. The highest BCUT2D eigenvalue weighted by atomic mass is 31.1. The molecule has 0 aliphatic heterocycles. The summed E-state index contributed by atoms with van der Waals surface area (Å²) >= 11 is 0. The lowest BCUT2D eigenvalue weighted by Gasteiger charge is -2.20. The van der Waals surface area contributed by atoms with E-state index in [1.165, 1.54) is 5.56 Å². The Hall–Kier alpha value is -4.91. The zero-order valence-electron chi connectivity index (χ0n) is 25.3. The fourth-order valence-electron chi connectivity index (χ4n) is 5.37. The predicted octanol–water partition coefficient (Wildman–Crippen LogP) is 9.47. The first-order chi connectivity index (χ1) is 21.4. The number of carbonyl (C=O) groups is 2. The summed E-state index contributed by atoms with van der Waals surface area (Å²) in [6.45, 7) is 6.15. The van der Waals surface area contributed by atoms with E-state index in [9.17, 15) is 9.59 Å². The zero-order chi connectivity index (χ0) is 30.9. The maximum absolute atomic E-state index is 13.5. The van der Waals surface area contributed by atoms with E-state index in [1.54, 1.807) is 0 Å². The van der Waals surface area contributed by atoms with Crippen LogP contribution < -0.4 is 10.6 Å². The van der Waals surface area contributed by atoms with Gasteiger partial charge in [-0.15, -0.1) is 0 Å². The van der Waals surface area contributed by atoms with Crippen molar-refractivity contribution in [3.05, 3.63) is 191 Å². The van der Waals surface area contributed by atoms with Crippen LogP contribution >= 0.6 is 7.92 Å². The van der Waals surface area contributed by atoms with Crippen LogP contribution in [-0.4, -0.2) is 11.3 Å². The second-order valence-electron chi connectivity index (χ2n) is 10.7. The summed E-state index contributed by atoms with van der Waals surface area (Å²) in [4.78, 5) is 25.8. The molecule has 3 heteroatoms. The van der Waals surface area contributed by atoms with Crippen LogP contribution in [-0.2, 0) is 0 Å². The molecule has 216 valence electrons. The summed E-state index contributed by atoms with van der Waals surface area (Å²) in [7, 11) is -1.07. The molecule has 0 spiro atoms. The SMILES string of the molecule is Cc1cc(C)c(C(=O)P(c2ccccc2)c2ccccc2)c(C)c1.O=C(c1ccccc1)c1ccc(-c2ccccc2)cc1. The van der Waals surface area contributed by atoms with Crippen LogP contribution in [0.2, 0.25) is 0 Å². The molecular weight excluding hydrogens is 555 g/mol. The minimum Gasteiger partial charge on any atom is -0.289 e. The molecule has 0 atom stereocenters.